The van der Waals surface area contributed by atoms with Gasteiger partial charge in [-0.2, -0.15) is 0 Å². The summed E-state index contributed by atoms with van der Waals surface area (Å²) in [5, 5.41) is 4.99. The van der Waals surface area contributed by atoms with Crippen LogP contribution in [-0.4, -0.2) is 11.9 Å². The van der Waals surface area contributed by atoms with Crippen LogP contribution in [0.3, 0.4) is 0 Å². The van der Waals surface area contributed by atoms with Gasteiger partial charge in [0.25, 0.3) is 0 Å². The van der Waals surface area contributed by atoms with E-state index in [1.807, 2.05) is 48.7 Å². The van der Waals surface area contributed by atoms with Crippen molar-refractivity contribution in [3.8, 4) is 0 Å². The third-order valence-corrected chi connectivity index (χ3v) is 3.88. The molecule has 0 fully saturated rings. The standard InChI is InChI=1S/C17H19NOS/c1-14(9-10-15-6-3-2-4-7-15)18-17(19)12-11-16-8-5-13-20-16/h2-8,11-14H,9-10H2,1H3,(H,18,19). The van der Waals surface area contributed by atoms with E-state index in [9.17, 15) is 4.79 Å². The van der Waals surface area contributed by atoms with Crippen LogP contribution in [0.5, 0.6) is 0 Å². The van der Waals surface area contributed by atoms with Crippen molar-refractivity contribution >= 4 is 23.3 Å². The first-order chi connectivity index (χ1) is 9.74. The number of benzene rings is 1. The molecule has 1 aromatic carbocycles. The molecule has 0 radical (unpaired) electrons. The van der Waals surface area contributed by atoms with Gasteiger partial charge in [-0.1, -0.05) is 36.4 Å². The zero-order valence-corrected chi connectivity index (χ0v) is 12.4. The van der Waals surface area contributed by atoms with Crippen molar-refractivity contribution in [2.45, 2.75) is 25.8 Å². The summed E-state index contributed by atoms with van der Waals surface area (Å²) in [4.78, 5) is 12.9. The lowest BCUT2D eigenvalue weighted by Crippen LogP contribution is -2.31. The van der Waals surface area contributed by atoms with Crippen molar-refractivity contribution in [3.63, 3.8) is 0 Å². The van der Waals surface area contributed by atoms with Crippen molar-refractivity contribution < 1.29 is 4.79 Å². The number of thiophene rings is 1. The van der Waals surface area contributed by atoms with E-state index in [-0.39, 0.29) is 11.9 Å². The Hall–Kier alpha value is -1.87. The zero-order chi connectivity index (χ0) is 14.2. The highest BCUT2D eigenvalue weighted by molar-refractivity contribution is 7.10. The van der Waals surface area contributed by atoms with E-state index >= 15 is 0 Å². The summed E-state index contributed by atoms with van der Waals surface area (Å²) in [6.45, 7) is 2.04. The summed E-state index contributed by atoms with van der Waals surface area (Å²) < 4.78 is 0. The third-order valence-electron chi connectivity index (χ3n) is 3.04. The molecule has 1 atom stereocenters. The van der Waals surface area contributed by atoms with Crippen LogP contribution < -0.4 is 5.32 Å². The van der Waals surface area contributed by atoms with Gasteiger partial charge in [-0.15, -0.1) is 11.3 Å². The highest BCUT2D eigenvalue weighted by atomic mass is 32.1. The number of amides is 1. The number of rotatable bonds is 6. The number of hydrogen-bond donors (Lipinski definition) is 1. The SMILES string of the molecule is CC(CCc1ccccc1)NC(=O)C=Cc1cccs1. The lowest BCUT2D eigenvalue weighted by Gasteiger charge is -2.12. The minimum Gasteiger partial charge on any atom is -0.350 e. The van der Waals surface area contributed by atoms with Crippen LogP contribution in [0.15, 0.2) is 53.9 Å². The van der Waals surface area contributed by atoms with Gasteiger partial charge in [-0.05, 0) is 42.9 Å². The maximum Gasteiger partial charge on any atom is 0.244 e. The molecular formula is C17H19NOS. The Balaban J connectivity index is 1.74. The molecule has 0 saturated heterocycles. The molecule has 2 aromatic rings. The molecule has 1 aromatic heterocycles. The first-order valence-electron chi connectivity index (χ1n) is 6.80. The number of aryl methyl sites for hydroxylation is 1. The fourth-order valence-electron chi connectivity index (χ4n) is 1.93. The Labute approximate surface area is 124 Å². The highest BCUT2D eigenvalue weighted by Crippen LogP contribution is 2.10. The van der Waals surface area contributed by atoms with Crippen molar-refractivity contribution in [2.24, 2.45) is 0 Å². The molecule has 1 unspecified atom stereocenters. The van der Waals surface area contributed by atoms with Gasteiger partial charge in [-0.25, -0.2) is 0 Å². The van der Waals surface area contributed by atoms with Crippen LogP contribution in [0, 0.1) is 0 Å². The van der Waals surface area contributed by atoms with Gasteiger partial charge in [0, 0.05) is 17.0 Å². The van der Waals surface area contributed by atoms with Gasteiger partial charge in [0.1, 0.15) is 0 Å². The largest absolute Gasteiger partial charge is 0.350 e. The van der Waals surface area contributed by atoms with Crippen LogP contribution in [0.1, 0.15) is 23.8 Å². The minimum atomic E-state index is -0.0287. The molecule has 1 heterocycles. The van der Waals surface area contributed by atoms with E-state index in [1.54, 1.807) is 17.4 Å². The summed E-state index contributed by atoms with van der Waals surface area (Å²) in [6.07, 6.45) is 5.38. The minimum absolute atomic E-state index is 0.0287. The predicted molar refractivity (Wildman–Crippen MR) is 85.7 cm³/mol. The second-order valence-corrected chi connectivity index (χ2v) is 5.76. The third kappa shape index (κ3) is 5.02. The van der Waals surface area contributed by atoms with E-state index in [4.69, 9.17) is 0 Å². The first kappa shape index (κ1) is 14.5. The second kappa shape index (κ2) is 7.65. The van der Waals surface area contributed by atoms with E-state index in [1.165, 1.54) is 5.56 Å². The van der Waals surface area contributed by atoms with Crippen LogP contribution in [-0.2, 0) is 11.2 Å². The van der Waals surface area contributed by atoms with Crippen molar-refractivity contribution in [2.75, 3.05) is 0 Å². The lowest BCUT2D eigenvalue weighted by atomic mass is 10.1. The van der Waals surface area contributed by atoms with Crippen molar-refractivity contribution in [3.05, 3.63) is 64.4 Å². The average molecular weight is 285 g/mol. The highest BCUT2D eigenvalue weighted by Gasteiger charge is 2.05. The molecule has 0 aliphatic heterocycles. The summed E-state index contributed by atoms with van der Waals surface area (Å²) in [5.74, 6) is -0.0287. The molecule has 1 amide bonds. The van der Waals surface area contributed by atoms with Crippen molar-refractivity contribution in [1.29, 1.82) is 0 Å². The van der Waals surface area contributed by atoms with Crippen molar-refractivity contribution in [1.82, 2.24) is 5.32 Å². The Morgan fingerprint density at radius 3 is 2.75 bits per heavy atom. The smallest absolute Gasteiger partial charge is 0.244 e. The molecule has 0 bridgehead atoms. The average Bonchev–Trinajstić information content (AvgIpc) is 2.97. The predicted octanol–water partition coefficient (Wildman–Crippen LogP) is 3.90. The Bertz CT molecular complexity index is 546. The van der Waals surface area contributed by atoms with Crippen LogP contribution >= 0.6 is 11.3 Å². The summed E-state index contributed by atoms with van der Waals surface area (Å²) in [7, 11) is 0. The van der Waals surface area contributed by atoms with E-state index in [0.29, 0.717) is 0 Å². The maximum atomic E-state index is 11.8. The lowest BCUT2D eigenvalue weighted by molar-refractivity contribution is -0.117. The van der Waals surface area contributed by atoms with E-state index in [0.717, 1.165) is 17.7 Å². The number of carbonyl (C=O) groups is 1. The van der Waals surface area contributed by atoms with Gasteiger partial charge in [0.05, 0.1) is 0 Å². The fraction of sp³-hybridized carbons (Fsp3) is 0.235. The number of nitrogens with one attached hydrogen (secondary N) is 1. The van der Waals surface area contributed by atoms with E-state index in [2.05, 4.69) is 17.4 Å². The van der Waals surface area contributed by atoms with Gasteiger partial charge in [-0.3, -0.25) is 4.79 Å². The summed E-state index contributed by atoms with van der Waals surface area (Å²) in [6, 6.07) is 14.5. The molecule has 2 rings (SSSR count). The molecule has 3 heteroatoms. The summed E-state index contributed by atoms with van der Waals surface area (Å²) in [5.41, 5.74) is 1.31. The normalized spacial score (nSPS) is 12.4. The molecule has 1 N–H and O–H groups in total. The van der Waals surface area contributed by atoms with E-state index < -0.39 is 0 Å². The number of carbonyl (C=O) groups excluding carboxylic acids is 1. The Morgan fingerprint density at radius 2 is 2.05 bits per heavy atom. The van der Waals surface area contributed by atoms with Crippen LogP contribution in [0.25, 0.3) is 6.08 Å². The topological polar surface area (TPSA) is 29.1 Å². The maximum absolute atomic E-state index is 11.8. The van der Waals surface area contributed by atoms with Gasteiger partial charge < -0.3 is 5.32 Å². The Kier molecular flexibility index (Phi) is 5.56. The molecule has 104 valence electrons. The Morgan fingerprint density at radius 1 is 1.25 bits per heavy atom. The molecule has 20 heavy (non-hydrogen) atoms. The molecule has 2 nitrogen and oxygen atoms in total. The first-order valence-corrected chi connectivity index (χ1v) is 7.68. The number of hydrogen-bond acceptors (Lipinski definition) is 2. The molecule has 0 aliphatic carbocycles. The fourth-order valence-corrected chi connectivity index (χ4v) is 2.55. The monoisotopic (exact) mass is 285 g/mol. The quantitative estimate of drug-likeness (QED) is 0.801. The molecule has 0 saturated carbocycles. The van der Waals surface area contributed by atoms with Gasteiger partial charge in [0.2, 0.25) is 5.91 Å². The van der Waals surface area contributed by atoms with Gasteiger partial charge >= 0.3 is 0 Å². The second-order valence-electron chi connectivity index (χ2n) is 4.78. The zero-order valence-electron chi connectivity index (χ0n) is 11.6. The van der Waals surface area contributed by atoms with Crippen LogP contribution in [0.2, 0.25) is 0 Å². The van der Waals surface area contributed by atoms with Gasteiger partial charge in [0.15, 0.2) is 0 Å². The van der Waals surface area contributed by atoms with Crippen LogP contribution in [0.4, 0.5) is 0 Å². The molecule has 0 spiro atoms. The molecular weight excluding hydrogens is 266 g/mol. The summed E-state index contributed by atoms with van der Waals surface area (Å²) >= 11 is 1.62. The molecule has 0 aliphatic rings.